The number of nitrogens with zero attached hydrogens (tertiary/aromatic N) is 3. The van der Waals surface area contributed by atoms with E-state index in [0.29, 0.717) is 5.56 Å². The van der Waals surface area contributed by atoms with Crippen LogP contribution in [-0.4, -0.2) is 14.8 Å². The predicted molar refractivity (Wildman–Crippen MR) is 61.3 cm³/mol. The Morgan fingerprint density at radius 1 is 1.41 bits per heavy atom. The number of nitrogens with two attached hydrogens (primary N) is 1. The Morgan fingerprint density at radius 3 is 2.71 bits per heavy atom. The number of nitrogens with one attached hydrogen (secondary N) is 1. The molecule has 0 aliphatic heterocycles. The van der Waals surface area contributed by atoms with E-state index >= 15 is 0 Å². The van der Waals surface area contributed by atoms with Crippen molar-refractivity contribution in [1.82, 2.24) is 20.2 Å². The van der Waals surface area contributed by atoms with Gasteiger partial charge in [-0.15, -0.1) is 0 Å². The largest absolute Gasteiger partial charge is 0.273 e. The van der Waals surface area contributed by atoms with Crippen molar-refractivity contribution in [3.8, 4) is 0 Å². The molecule has 0 aliphatic carbocycles. The Balaban J connectivity index is 2.44. The second-order valence-electron chi connectivity index (χ2n) is 3.85. The summed E-state index contributed by atoms with van der Waals surface area (Å²) in [5, 5.41) is 4.14. The Hall–Kier alpha value is -1.79. The average Bonchev–Trinajstić information content (AvgIpc) is 2.63. The second-order valence-corrected chi connectivity index (χ2v) is 3.85. The summed E-state index contributed by atoms with van der Waals surface area (Å²) in [6.07, 6.45) is 4.46. The lowest BCUT2D eigenvalue weighted by Crippen LogP contribution is -2.29. The predicted octanol–water partition coefficient (Wildman–Crippen LogP) is 0.815. The number of rotatable bonds is 3. The van der Waals surface area contributed by atoms with Crippen LogP contribution in [0, 0.1) is 12.7 Å². The number of hydrogen-bond donors (Lipinski definition) is 2. The topological polar surface area (TPSA) is 68.8 Å². The molecule has 0 saturated heterocycles. The molecule has 1 atom stereocenters. The van der Waals surface area contributed by atoms with Crippen LogP contribution in [0.5, 0.6) is 0 Å². The van der Waals surface area contributed by atoms with Crippen molar-refractivity contribution in [1.29, 1.82) is 0 Å². The molecule has 0 amide bonds. The molecule has 0 radical (unpaired) electrons. The number of hydrazine groups is 1. The van der Waals surface area contributed by atoms with E-state index in [2.05, 4.69) is 15.5 Å². The molecule has 5 nitrogen and oxygen atoms in total. The molecule has 0 aromatic carbocycles. The van der Waals surface area contributed by atoms with Gasteiger partial charge in [-0.05, 0) is 18.6 Å². The zero-order valence-electron chi connectivity index (χ0n) is 9.68. The van der Waals surface area contributed by atoms with Gasteiger partial charge in [0.2, 0.25) is 0 Å². The third-order valence-corrected chi connectivity index (χ3v) is 2.81. The van der Waals surface area contributed by atoms with Crippen LogP contribution in [0.15, 0.2) is 24.7 Å². The molecule has 2 heterocycles. The van der Waals surface area contributed by atoms with E-state index in [1.54, 1.807) is 17.1 Å². The molecule has 17 heavy (non-hydrogen) atoms. The summed E-state index contributed by atoms with van der Waals surface area (Å²) in [6.45, 7) is 1.93. The van der Waals surface area contributed by atoms with Gasteiger partial charge in [0.25, 0.3) is 0 Å². The monoisotopic (exact) mass is 235 g/mol. The summed E-state index contributed by atoms with van der Waals surface area (Å²) in [5.41, 5.74) is 5.20. The molecule has 2 aromatic heterocycles. The molecule has 3 N–H and O–H groups in total. The lowest BCUT2D eigenvalue weighted by Gasteiger charge is -2.15. The Kier molecular flexibility index (Phi) is 3.16. The van der Waals surface area contributed by atoms with Crippen LogP contribution >= 0.6 is 0 Å². The number of halogens is 1. The Bertz CT molecular complexity index is 522. The van der Waals surface area contributed by atoms with Gasteiger partial charge in [0.05, 0.1) is 18.4 Å². The second kappa shape index (κ2) is 4.60. The van der Waals surface area contributed by atoms with E-state index in [1.807, 2.05) is 14.0 Å². The quantitative estimate of drug-likeness (QED) is 0.610. The summed E-state index contributed by atoms with van der Waals surface area (Å²) < 4.78 is 14.9. The lowest BCUT2D eigenvalue weighted by molar-refractivity contribution is 0.595. The maximum atomic E-state index is 13.1. The first-order valence-electron chi connectivity index (χ1n) is 5.18. The van der Waals surface area contributed by atoms with Crippen molar-refractivity contribution in [2.24, 2.45) is 12.9 Å². The fourth-order valence-corrected chi connectivity index (χ4v) is 1.75. The highest BCUT2D eigenvalue weighted by atomic mass is 19.1. The van der Waals surface area contributed by atoms with Gasteiger partial charge >= 0.3 is 0 Å². The molecule has 6 heteroatoms. The van der Waals surface area contributed by atoms with Gasteiger partial charge in [0.15, 0.2) is 0 Å². The van der Waals surface area contributed by atoms with Gasteiger partial charge in [-0.3, -0.25) is 15.5 Å². The van der Waals surface area contributed by atoms with Crippen molar-refractivity contribution in [2.75, 3.05) is 0 Å². The number of pyridine rings is 1. The van der Waals surface area contributed by atoms with Crippen LogP contribution in [0.2, 0.25) is 0 Å². The zero-order valence-corrected chi connectivity index (χ0v) is 9.68. The fraction of sp³-hybridized carbons (Fsp3) is 0.273. The molecule has 0 saturated carbocycles. The summed E-state index contributed by atoms with van der Waals surface area (Å²) >= 11 is 0. The van der Waals surface area contributed by atoms with E-state index < -0.39 is 0 Å². The van der Waals surface area contributed by atoms with Crippen LogP contribution < -0.4 is 11.3 Å². The highest BCUT2D eigenvalue weighted by Crippen LogP contribution is 2.23. The van der Waals surface area contributed by atoms with Crippen LogP contribution in [0.25, 0.3) is 0 Å². The van der Waals surface area contributed by atoms with Gasteiger partial charge in [-0.2, -0.15) is 5.10 Å². The first-order chi connectivity index (χ1) is 8.13. The zero-order chi connectivity index (χ0) is 12.4. The maximum Gasteiger partial charge on any atom is 0.141 e. The highest BCUT2D eigenvalue weighted by Gasteiger charge is 2.18. The van der Waals surface area contributed by atoms with Crippen molar-refractivity contribution in [3.63, 3.8) is 0 Å². The van der Waals surface area contributed by atoms with E-state index in [0.717, 1.165) is 17.5 Å². The van der Waals surface area contributed by atoms with Crippen LogP contribution in [0.4, 0.5) is 4.39 Å². The molecule has 2 rings (SSSR count). The standard InChI is InChI=1S/C11H14FN5/c1-7-10(6-15-17(7)2)11(16-13)8-3-9(12)5-14-4-8/h3-6,11,16H,13H2,1-2H3. The van der Waals surface area contributed by atoms with Gasteiger partial charge < -0.3 is 0 Å². The summed E-state index contributed by atoms with van der Waals surface area (Å²) in [6, 6.07) is 1.09. The number of aryl methyl sites for hydroxylation is 1. The first kappa shape index (κ1) is 11.7. The van der Waals surface area contributed by atoms with Crippen LogP contribution in [-0.2, 0) is 7.05 Å². The molecule has 90 valence electrons. The Labute approximate surface area is 98.4 Å². The molecule has 1 unspecified atom stereocenters. The van der Waals surface area contributed by atoms with Crippen molar-refractivity contribution < 1.29 is 4.39 Å². The SMILES string of the molecule is Cc1c(C(NN)c2cncc(F)c2)cnn1C. The molecular formula is C11H14FN5. The molecule has 2 aromatic rings. The summed E-state index contributed by atoms with van der Waals surface area (Å²) in [4.78, 5) is 3.82. The summed E-state index contributed by atoms with van der Waals surface area (Å²) in [7, 11) is 1.84. The van der Waals surface area contributed by atoms with Crippen molar-refractivity contribution in [3.05, 3.63) is 47.3 Å². The molecule has 0 aliphatic rings. The van der Waals surface area contributed by atoms with Gasteiger partial charge in [0.1, 0.15) is 5.82 Å². The Morgan fingerprint density at radius 2 is 2.18 bits per heavy atom. The molecular weight excluding hydrogens is 221 g/mol. The normalized spacial score (nSPS) is 12.7. The smallest absolute Gasteiger partial charge is 0.141 e. The van der Waals surface area contributed by atoms with Gasteiger partial charge in [-0.1, -0.05) is 0 Å². The minimum Gasteiger partial charge on any atom is -0.273 e. The minimum absolute atomic E-state index is 0.313. The molecule has 0 bridgehead atoms. The van der Waals surface area contributed by atoms with Crippen molar-refractivity contribution >= 4 is 0 Å². The highest BCUT2D eigenvalue weighted by molar-refractivity contribution is 5.31. The summed E-state index contributed by atoms with van der Waals surface area (Å²) in [5.74, 6) is 5.14. The third-order valence-electron chi connectivity index (χ3n) is 2.81. The number of hydrogen-bond acceptors (Lipinski definition) is 4. The average molecular weight is 235 g/mol. The fourth-order valence-electron chi connectivity index (χ4n) is 1.75. The molecule has 0 spiro atoms. The molecule has 0 fully saturated rings. The lowest BCUT2D eigenvalue weighted by atomic mass is 10.0. The maximum absolute atomic E-state index is 13.1. The van der Waals surface area contributed by atoms with Crippen LogP contribution in [0.3, 0.4) is 0 Å². The van der Waals surface area contributed by atoms with Gasteiger partial charge in [-0.25, -0.2) is 9.82 Å². The van der Waals surface area contributed by atoms with Gasteiger partial charge in [0, 0.05) is 24.5 Å². The third kappa shape index (κ3) is 2.17. The van der Waals surface area contributed by atoms with E-state index in [-0.39, 0.29) is 11.9 Å². The van der Waals surface area contributed by atoms with E-state index in [9.17, 15) is 4.39 Å². The van der Waals surface area contributed by atoms with Crippen molar-refractivity contribution in [2.45, 2.75) is 13.0 Å². The van der Waals surface area contributed by atoms with Crippen LogP contribution in [0.1, 0.15) is 22.9 Å². The van der Waals surface area contributed by atoms with E-state index in [1.165, 1.54) is 6.07 Å². The number of aromatic nitrogens is 3. The first-order valence-corrected chi connectivity index (χ1v) is 5.18. The van der Waals surface area contributed by atoms with E-state index in [4.69, 9.17) is 5.84 Å². The minimum atomic E-state index is -0.385.